The molecular formula is C15H17NO4S. The molecule has 0 spiro atoms. The van der Waals surface area contributed by atoms with Crippen LogP contribution in [0.4, 0.5) is 0 Å². The minimum atomic E-state index is -3.22. The molecule has 0 fully saturated rings. The van der Waals surface area contributed by atoms with Crippen LogP contribution in [0.5, 0.6) is 5.75 Å². The highest BCUT2D eigenvalue weighted by Crippen LogP contribution is 2.17. The van der Waals surface area contributed by atoms with E-state index in [0.717, 1.165) is 17.6 Å². The van der Waals surface area contributed by atoms with Crippen molar-refractivity contribution in [1.29, 1.82) is 0 Å². The molecule has 0 aliphatic heterocycles. The minimum Gasteiger partial charge on any atom is -0.485 e. The van der Waals surface area contributed by atoms with Crippen molar-refractivity contribution in [2.75, 3.05) is 12.9 Å². The lowest BCUT2D eigenvalue weighted by Gasteiger charge is -2.06. The summed E-state index contributed by atoms with van der Waals surface area (Å²) in [5, 5.41) is 0. The molecule has 0 bridgehead atoms. The fourth-order valence-corrected chi connectivity index (χ4v) is 2.65. The third kappa shape index (κ3) is 3.72. The number of carbonyl (C=O) groups is 1. The fraction of sp³-hybridized carbons (Fsp3) is 0.267. The van der Waals surface area contributed by atoms with E-state index in [0.29, 0.717) is 11.3 Å². The zero-order chi connectivity index (χ0) is 15.6. The van der Waals surface area contributed by atoms with Crippen LogP contribution in [0.15, 0.2) is 35.2 Å². The minimum absolute atomic E-state index is 0.0869. The Morgan fingerprint density at radius 2 is 1.81 bits per heavy atom. The summed E-state index contributed by atoms with van der Waals surface area (Å²) in [6.45, 7) is 3.63. The lowest BCUT2D eigenvalue weighted by Crippen LogP contribution is -2.12. The highest BCUT2D eigenvalue weighted by molar-refractivity contribution is 7.90. The number of ketones is 1. The van der Waals surface area contributed by atoms with Gasteiger partial charge >= 0.3 is 0 Å². The molecule has 2 aromatic rings. The second-order valence-corrected chi connectivity index (χ2v) is 6.96. The maximum Gasteiger partial charge on any atom is 0.201 e. The van der Waals surface area contributed by atoms with Gasteiger partial charge in [-0.3, -0.25) is 4.79 Å². The maximum absolute atomic E-state index is 12.0. The molecule has 21 heavy (non-hydrogen) atoms. The van der Waals surface area contributed by atoms with E-state index in [1.54, 1.807) is 18.2 Å². The SMILES string of the molecule is Cc1cc(C(=O)COc2ccc(S(C)(=O)=O)cc2)c(C)[nH]1. The molecule has 1 N–H and O–H groups in total. The van der Waals surface area contributed by atoms with Crippen LogP contribution in [-0.4, -0.2) is 32.0 Å². The van der Waals surface area contributed by atoms with E-state index in [1.807, 2.05) is 13.8 Å². The van der Waals surface area contributed by atoms with Crippen LogP contribution in [-0.2, 0) is 9.84 Å². The standard InChI is InChI=1S/C15H17NO4S/c1-10-8-14(11(2)16-10)15(17)9-20-12-4-6-13(7-5-12)21(3,18)19/h4-8,16H,9H2,1-3H3. The lowest BCUT2D eigenvalue weighted by atomic mass is 10.1. The number of Topliss-reactive ketones (excluding diaryl/α,β-unsaturated/α-hetero) is 1. The lowest BCUT2D eigenvalue weighted by molar-refractivity contribution is 0.0921. The van der Waals surface area contributed by atoms with Crippen LogP contribution >= 0.6 is 0 Å². The van der Waals surface area contributed by atoms with Crippen LogP contribution in [0.25, 0.3) is 0 Å². The zero-order valence-electron chi connectivity index (χ0n) is 12.1. The fourth-order valence-electron chi connectivity index (χ4n) is 2.02. The molecule has 1 aromatic carbocycles. The summed E-state index contributed by atoms with van der Waals surface area (Å²) in [6.07, 6.45) is 1.14. The topological polar surface area (TPSA) is 76.2 Å². The van der Waals surface area contributed by atoms with E-state index >= 15 is 0 Å². The Morgan fingerprint density at radius 3 is 2.29 bits per heavy atom. The van der Waals surface area contributed by atoms with Crippen LogP contribution in [0.2, 0.25) is 0 Å². The predicted octanol–water partition coefficient (Wildman–Crippen LogP) is 2.30. The van der Waals surface area contributed by atoms with Crippen molar-refractivity contribution in [3.63, 3.8) is 0 Å². The van der Waals surface area contributed by atoms with E-state index in [9.17, 15) is 13.2 Å². The molecule has 0 unspecified atom stereocenters. The van der Waals surface area contributed by atoms with Gasteiger partial charge in [0, 0.05) is 23.2 Å². The Kier molecular flexibility index (Phi) is 4.18. The number of aryl methyl sites for hydroxylation is 2. The summed E-state index contributed by atoms with van der Waals surface area (Å²) >= 11 is 0. The number of rotatable bonds is 5. The maximum atomic E-state index is 12.0. The first-order valence-corrected chi connectivity index (χ1v) is 8.29. The van der Waals surface area contributed by atoms with E-state index in [1.165, 1.54) is 12.1 Å². The average molecular weight is 307 g/mol. The number of sulfone groups is 1. The van der Waals surface area contributed by atoms with Crippen molar-refractivity contribution in [3.05, 3.63) is 47.3 Å². The third-order valence-electron chi connectivity index (χ3n) is 3.07. The summed E-state index contributed by atoms with van der Waals surface area (Å²) in [5.74, 6) is 0.338. The Bertz CT molecular complexity index is 757. The largest absolute Gasteiger partial charge is 0.485 e. The predicted molar refractivity (Wildman–Crippen MR) is 79.6 cm³/mol. The van der Waals surface area contributed by atoms with Crippen molar-refractivity contribution in [1.82, 2.24) is 4.98 Å². The summed E-state index contributed by atoms with van der Waals surface area (Å²) in [4.78, 5) is 15.3. The number of carbonyl (C=O) groups excluding carboxylic acids is 1. The summed E-state index contributed by atoms with van der Waals surface area (Å²) in [5.41, 5.74) is 2.35. The van der Waals surface area contributed by atoms with Crippen LogP contribution < -0.4 is 4.74 Å². The van der Waals surface area contributed by atoms with Crippen molar-refractivity contribution in [2.24, 2.45) is 0 Å². The molecule has 0 saturated heterocycles. The Labute approximate surface area is 123 Å². The highest BCUT2D eigenvalue weighted by Gasteiger charge is 2.12. The van der Waals surface area contributed by atoms with Crippen molar-refractivity contribution < 1.29 is 17.9 Å². The number of nitrogens with one attached hydrogen (secondary N) is 1. The molecule has 1 aromatic heterocycles. The highest BCUT2D eigenvalue weighted by atomic mass is 32.2. The number of benzene rings is 1. The van der Waals surface area contributed by atoms with Crippen molar-refractivity contribution in [3.8, 4) is 5.75 Å². The normalized spacial score (nSPS) is 11.4. The second-order valence-electron chi connectivity index (χ2n) is 4.95. The van der Waals surface area contributed by atoms with Gasteiger partial charge in [-0.05, 0) is 44.2 Å². The molecule has 0 radical (unpaired) electrons. The van der Waals surface area contributed by atoms with E-state index < -0.39 is 9.84 Å². The average Bonchev–Trinajstić information content (AvgIpc) is 2.74. The number of aromatic nitrogens is 1. The molecule has 2 rings (SSSR count). The first-order chi connectivity index (χ1) is 9.77. The van der Waals surface area contributed by atoms with Gasteiger partial charge in [0.2, 0.25) is 5.78 Å². The van der Waals surface area contributed by atoms with Crippen LogP contribution in [0, 0.1) is 13.8 Å². The molecule has 0 aliphatic rings. The molecule has 0 aliphatic carbocycles. The van der Waals surface area contributed by atoms with E-state index in [-0.39, 0.29) is 17.3 Å². The molecule has 0 amide bonds. The Balaban J connectivity index is 2.03. The first-order valence-electron chi connectivity index (χ1n) is 6.39. The molecule has 5 nitrogen and oxygen atoms in total. The van der Waals surface area contributed by atoms with Gasteiger partial charge in [0.15, 0.2) is 16.4 Å². The molecule has 1 heterocycles. The number of hydrogen-bond donors (Lipinski definition) is 1. The molecule has 0 atom stereocenters. The van der Waals surface area contributed by atoms with Gasteiger partial charge in [0.25, 0.3) is 0 Å². The van der Waals surface area contributed by atoms with E-state index in [4.69, 9.17) is 4.74 Å². The number of hydrogen-bond acceptors (Lipinski definition) is 4. The van der Waals surface area contributed by atoms with Crippen LogP contribution in [0.1, 0.15) is 21.7 Å². The number of ether oxygens (including phenoxy) is 1. The quantitative estimate of drug-likeness (QED) is 0.860. The van der Waals surface area contributed by atoms with E-state index in [2.05, 4.69) is 4.98 Å². The zero-order valence-corrected chi connectivity index (χ0v) is 13.0. The summed E-state index contributed by atoms with van der Waals surface area (Å²) in [6, 6.07) is 7.78. The first kappa shape index (κ1) is 15.3. The molecule has 6 heteroatoms. The molecule has 112 valence electrons. The van der Waals surface area contributed by atoms with Gasteiger partial charge in [0.05, 0.1) is 4.90 Å². The molecular weight excluding hydrogens is 290 g/mol. The van der Waals surface area contributed by atoms with Crippen molar-refractivity contribution >= 4 is 15.6 Å². The van der Waals surface area contributed by atoms with Gasteiger partial charge < -0.3 is 9.72 Å². The van der Waals surface area contributed by atoms with Gasteiger partial charge in [0.1, 0.15) is 5.75 Å². The van der Waals surface area contributed by atoms with Gasteiger partial charge in [-0.1, -0.05) is 0 Å². The summed E-state index contributed by atoms with van der Waals surface area (Å²) in [7, 11) is -3.22. The summed E-state index contributed by atoms with van der Waals surface area (Å²) < 4.78 is 28.1. The molecule has 0 saturated carbocycles. The third-order valence-corrected chi connectivity index (χ3v) is 4.20. The van der Waals surface area contributed by atoms with Gasteiger partial charge in [-0.2, -0.15) is 0 Å². The smallest absolute Gasteiger partial charge is 0.201 e. The number of aromatic amines is 1. The van der Waals surface area contributed by atoms with Gasteiger partial charge in [-0.15, -0.1) is 0 Å². The van der Waals surface area contributed by atoms with Crippen molar-refractivity contribution in [2.45, 2.75) is 18.7 Å². The van der Waals surface area contributed by atoms with Crippen LogP contribution in [0.3, 0.4) is 0 Å². The number of H-pyrrole nitrogens is 1. The monoisotopic (exact) mass is 307 g/mol. The Morgan fingerprint density at radius 1 is 1.19 bits per heavy atom. The second kappa shape index (κ2) is 5.73. The Hall–Kier alpha value is -2.08. The van der Waals surface area contributed by atoms with Gasteiger partial charge in [-0.25, -0.2) is 8.42 Å².